The fourth-order valence-electron chi connectivity index (χ4n) is 2.19. The first kappa shape index (κ1) is 15.7. The van der Waals surface area contributed by atoms with Gasteiger partial charge in [0.05, 0.1) is 6.10 Å². The highest BCUT2D eigenvalue weighted by Crippen LogP contribution is 2.20. The van der Waals surface area contributed by atoms with Crippen LogP contribution in [0.5, 0.6) is 0 Å². The Kier molecular flexibility index (Phi) is 4.74. The van der Waals surface area contributed by atoms with Crippen molar-refractivity contribution in [3.8, 4) is 0 Å². The highest BCUT2D eigenvalue weighted by molar-refractivity contribution is 9.10. The highest BCUT2D eigenvalue weighted by atomic mass is 79.9. The van der Waals surface area contributed by atoms with E-state index in [9.17, 15) is 19.1 Å². The van der Waals surface area contributed by atoms with E-state index in [2.05, 4.69) is 15.9 Å². The summed E-state index contributed by atoms with van der Waals surface area (Å²) in [6, 6.07) is 3.25. The van der Waals surface area contributed by atoms with E-state index >= 15 is 0 Å². The second-order valence-electron chi connectivity index (χ2n) is 4.73. The van der Waals surface area contributed by atoms with Crippen LogP contribution in [0.4, 0.5) is 4.39 Å². The zero-order valence-corrected chi connectivity index (χ0v) is 12.5. The van der Waals surface area contributed by atoms with E-state index in [0.717, 1.165) is 11.0 Å². The third-order valence-electron chi connectivity index (χ3n) is 3.21. The van der Waals surface area contributed by atoms with Crippen LogP contribution in [0.1, 0.15) is 12.0 Å². The molecule has 1 aromatic carbocycles. The fourth-order valence-corrected chi connectivity index (χ4v) is 2.57. The van der Waals surface area contributed by atoms with Crippen LogP contribution in [0.2, 0.25) is 0 Å². The Hall–Kier alpha value is -1.73. The molecule has 2 rings (SSSR count). The number of β-amino-alcohol motifs (C(OH)–C–C–N with tert-alkyl or cyclic N) is 1. The highest BCUT2D eigenvalue weighted by Gasteiger charge is 2.37. The molecule has 1 aliphatic rings. The maximum Gasteiger partial charge on any atom is 0.326 e. The summed E-state index contributed by atoms with van der Waals surface area (Å²) in [4.78, 5) is 24.1. The average Bonchev–Trinajstić information content (AvgIpc) is 2.82. The molecule has 1 aromatic rings. The topological polar surface area (TPSA) is 77.8 Å². The van der Waals surface area contributed by atoms with Gasteiger partial charge in [-0.2, -0.15) is 0 Å². The van der Waals surface area contributed by atoms with E-state index in [0.29, 0.717) is 4.47 Å². The van der Waals surface area contributed by atoms with Gasteiger partial charge in [0.1, 0.15) is 11.9 Å². The third-order valence-corrected chi connectivity index (χ3v) is 3.70. The molecule has 0 radical (unpaired) electrons. The summed E-state index contributed by atoms with van der Waals surface area (Å²) in [7, 11) is 0. The van der Waals surface area contributed by atoms with Crippen molar-refractivity contribution in [3.05, 3.63) is 40.1 Å². The van der Waals surface area contributed by atoms with Crippen molar-refractivity contribution in [1.82, 2.24) is 4.90 Å². The Morgan fingerprint density at radius 2 is 2.14 bits per heavy atom. The summed E-state index contributed by atoms with van der Waals surface area (Å²) < 4.78 is 14.2. The van der Waals surface area contributed by atoms with Crippen LogP contribution in [-0.2, 0) is 9.59 Å². The monoisotopic (exact) mass is 357 g/mol. The molecular formula is C14H13BrFNO4. The number of carboxylic acids is 1. The molecule has 2 atom stereocenters. The van der Waals surface area contributed by atoms with Crippen LogP contribution in [0.25, 0.3) is 6.08 Å². The molecule has 1 amide bonds. The van der Waals surface area contributed by atoms with Crippen LogP contribution in [0, 0.1) is 5.82 Å². The molecule has 1 saturated heterocycles. The summed E-state index contributed by atoms with van der Waals surface area (Å²) >= 11 is 3.20. The first-order valence-electron chi connectivity index (χ1n) is 6.23. The molecule has 1 unspecified atom stereocenters. The number of hydrogen-bond acceptors (Lipinski definition) is 3. The number of carbonyl (C=O) groups is 2. The predicted octanol–water partition coefficient (Wildman–Crippen LogP) is 1.65. The first-order valence-corrected chi connectivity index (χ1v) is 7.02. The Morgan fingerprint density at radius 3 is 2.81 bits per heavy atom. The molecule has 0 aliphatic carbocycles. The molecule has 112 valence electrons. The number of halogens is 2. The lowest BCUT2D eigenvalue weighted by Crippen LogP contribution is -2.39. The largest absolute Gasteiger partial charge is 0.480 e. The Bertz CT molecular complexity index is 605. The first-order chi connectivity index (χ1) is 9.88. The van der Waals surface area contributed by atoms with Gasteiger partial charge in [-0.3, -0.25) is 4.79 Å². The normalized spacial score (nSPS) is 22.0. The van der Waals surface area contributed by atoms with Crippen molar-refractivity contribution < 1.29 is 24.2 Å². The van der Waals surface area contributed by atoms with Crippen LogP contribution in [-0.4, -0.2) is 45.7 Å². The molecule has 0 spiro atoms. The molecule has 1 heterocycles. The van der Waals surface area contributed by atoms with Crippen LogP contribution in [0.3, 0.4) is 0 Å². The Morgan fingerprint density at radius 1 is 1.43 bits per heavy atom. The van der Waals surface area contributed by atoms with Crippen molar-refractivity contribution in [2.24, 2.45) is 0 Å². The lowest BCUT2D eigenvalue weighted by molar-refractivity contribution is -0.146. The van der Waals surface area contributed by atoms with Gasteiger partial charge >= 0.3 is 5.97 Å². The van der Waals surface area contributed by atoms with E-state index < -0.39 is 29.8 Å². The minimum Gasteiger partial charge on any atom is -0.480 e. The number of likely N-dealkylation sites (tertiary alicyclic amines) is 1. The Labute approximate surface area is 128 Å². The minimum absolute atomic E-state index is 0.000158. The van der Waals surface area contributed by atoms with Crippen molar-refractivity contribution >= 4 is 33.9 Å². The number of carbonyl (C=O) groups excluding carboxylic acids is 1. The zero-order chi connectivity index (χ0) is 15.6. The maximum absolute atomic E-state index is 13.5. The molecule has 0 aromatic heterocycles. The van der Waals surface area contributed by atoms with E-state index in [1.54, 1.807) is 0 Å². The second-order valence-corrected chi connectivity index (χ2v) is 5.65. The summed E-state index contributed by atoms with van der Waals surface area (Å²) in [5, 5.41) is 18.5. The standard InChI is InChI=1S/C14H13BrFNO4/c15-9-2-3-11(16)8(5-9)1-4-13(19)17-7-10(18)6-12(17)14(20)21/h1-5,10,12,18H,6-7H2,(H,20,21)/b4-1+/t10?,12-/m0/s1. The molecule has 2 N–H and O–H groups in total. The van der Waals surface area contributed by atoms with Crippen molar-refractivity contribution in [1.29, 1.82) is 0 Å². The van der Waals surface area contributed by atoms with Crippen LogP contribution >= 0.6 is 15.9 Å². The number of aliphatic hydroxyl groups is 1. The Balaban J connectivity index is 2.15. The molecule has 1 fully saturated rings. The molecular weight excluding hydrogens is 345 g/mol. The van der Waals surface area contributed by atoms with Crippen molar-refractivity contribution in [2.75, 3.05) is 6.54 Å². The molecule has 7 heteroatoms. The van der Waals surface area contributed by atoms with Gasteiger partial charge < -0.3 is 15.1 Å². The van der Waals surface area contributed by atoms with Gasteiger partial charge in [-0.1, -0.05) is 15.9 Å². The summed E-state index contributed by atoms with van der Waals surface area (Å²) in [6.45, 7) is -0.0406. The number of amides is 1. The van der Waals surface area contributed by atoms with Gasteiger partial charge in [-0.15, -0.1) is 0 Å². The predicted molar refractivity (Wildman–Crippen MR) is 76.9 cm³/mol. The molecule has 5 nitrogen and oxygen atoms in total. The lowest BCUT2D eigenvalue weighted by Gasteiger charge is -2.19. The van der Waals surface area contributed by atoms with Gasteiger partial charge in [-0.25, -0.2) is 9.18 Å². The lowest BCUT2D eigenvalue weighted by atomic mass is 10.2. The number of aliphatic carboxylic acids is 1. The fraction of sp³-hybridized carbons (Fsp3) is 0.286. The number of aliphatic hydroxyl groups excluding tert-OH is 1. The summed E-state index contributed by atoms with van der Waals surface area (Å²) in [6.07, 6.45) is 1.54. The van der Waals surface area contributed by atoms with E-state index in [4.69, 9.17) is 5.11 Å². The molecule has 21 heavy (non-hydrogen) atoms. The zero-order valence-electron chi connectivity index (χ0n) is 10.9. The summed E-state index contributed by atoms with van der Waals surface area (Å²) in [5.41, 5.74) is 0.212. The maximum atomic E-state index is 13.5. The van der Waals surface area contributed by atoms with E-state index in [1.807, 2.05) is 0 Å². The van der Waals surface area contributed by atoms with Crippen LogP contribution in [0.15, 0.2) is 28.7 Å². The number of rotatable bonds is 3. The minimum atomic E-state index is -1.16. The number of nitrogens with zero attached hydrogens (tertiary/aromatic N) is 1. The van der Waals surface area contributed by atoms with E-state index in [1.165, 1.54) is 24.3 Å². The smallest absolute Gasteiger partial charge is 0.326 e. The van der Waals surface area contributed by atoms with Gasteiger partial charge in [0.25, 0.3) is 0 Å². The average molecular weight is 358 g/mol. The molecule has 0 saturated carbocycles. The van der Waals surface area contributed by atoms with Gasteiger partial charge in [0.2, 0.25) is 5.91 Å². The van der Waals surface area contributed by atoms with Gasteiger partial charge in [-0.05, 0) is 24.3 Å². The van der Waals surface area contributed by atoms with Crippen molar-refractivity contribution in [3.63, 3.8) is 0 Å². The second kappa shape index (κ2) is 6.36. The number of benzene rings is 1. The molecule has 1 aliphatic heterocycles. The number of carboxylic acid groups (broad SMARTS) is 1. The third kappa shape index (κ3) is 3.68. The molecule has 0 bridgehead atoms. The van der Waals surface area contributed by atoms with Crippen LogP contribution < -0.4 is 0 Å². The quantitative estimate of drug-likeness (QED) is 0.806. The summed E-state index contributed by atoms with van der Waals surface area (Å²) in [5.74, 6) is -2.22. The van der Waals surface area contributed by atoms with Crippen molar-refractivity contribution in [2.45, 2.75) is 18.6 Å². The van der Waals surface area contributed by atoms with E-state index in [-0.39, 0.29) is 18.5 Å². The van der Waals surface area contributed by atoms with Gasteiger partial charge in [0, 0.05) is 29.1 Å². The van der Waals surface area contributed by atoms with Gasteiger partial charge in [0.15, 0.2) is 0 Å². The SMILES string of the molecule is O=C(O)[C@@H]1CC(O)CN1C(=O)/C=C/c1cc(Br)ccc1F. The number of hydrogen-bond donors (Lipinski definition) is 2.